The van der Waals surface area contributed by atoms with Crippen molar-refractivity contribution in [2.75, 3.05) is 7.05 Å². The third kappa shape index (κ3) is 4.04. The van der Waals surface area contributed by atoms with Gasteiger partial charge in [-0.1, -0.05) is 31.5 Å². The van der Waals surface area contributed by atoms with Gasteiger partial charge in [0, 0.05) is 12.1 Å². The number of hydrogen-bond acceptors (Lipinski definition) is 3. The molecule has 20 heavy (non-hydrogen) atoms. The molecule has 5 heteroatoms. The van der Waals surface area contributed by atoms with Gasteiger partial charge in [0.2, 0.25) is 10.0 Å². The highest BCUT2D eigenvalue weighted by Crippen LogP contribution is 2.24. The van der Waals surface area contributed by atoms with Gasteiger partial charge in [-0.3, -0.25) is 0 Å². The number of likely N-dealkylation sites (N-methyl/N-ethyl adjacent to an activating group) is 1. The van der Waals surface area contributed by atoms with Crippen molar-refractivity contribution in [3.05, 3.63) is 29.8 Å². The average molecular weight is 296 g/mol. The molecule has 4 nitrogen and oxygen atoms in total. The maximum Gasteiger partial charge on any atom is 0.241 e. The number of nitrogens with one attached hydrogen (secondary N) is 2. The Kier molecular flexibility index (Phi) is 5.18. The fourth-order valence-electron chi connectivity index (χ4n) is 2.38. The van der Waals surface area contributed by atoms with Crippen LogP contribution in [0.1, 0.15) is 38.2 Å². The molecule has 0 spiro atoms. The molecule has 1 unspecified atom stereocenters. The molecule has 2 rings (SSSR count). The molecule has 0 radical (unpaired) electrons. The molecule has 1 atom stereocenters. The average Bonchev–Trinajstić information content (AvgIpc) is 3.22. The Morgan fingerprint density at radius 2 is 2.00 bits per heavy atom. The van der Waals surface area contributed by atoms with Crippen molar-refractivity contribution in [1.29, 1.82) is 0 Å². The molecule has 1 aliphatic carbocycles. The Morgan fingerprint density at radius 3 is 2.60 bits per heavy atom. The Balaban J connectivity index is 2.20. The van der Waals surface area contributed by atoms with Crippen LogP contribution in [0.25, 0.3) is 0 Å². The second kappa shape index (κ2) is 6.70. The number of rotatable bonds is 8. The lowest BCUT2D eigenvalue weighted by atomic mass is 10.0. The molecule has 0 aliphatic heterocycles. The fraction of sp³-hybridized carbons (Fsp3) is 0.600. The Bertz CT molecular complexity index is 539. The van der Waals surface area contributed by atoms with Crippen LogP contribution in [0.2, 0.25) is 0 Å². The minimum Gasteiger partial charge on any atom is -0.317 e. The first kappa shape index (κ1) is 15.5. The van der Waals surface area contributed by atoms with Crippen molar-refractivity contribution in [3.63, 3.8) is 0 Å². The first-order valence-electron chi connectivity index (χ1n) is 7.34. The van der Waals surface area contributed by atoms with Crippen LogP contribution in [0.4, 0.5) is 0 Å². The smallest absolute Gasteiger partial charge is 0.241 e. The summed E-state index contributed by atoms with van der Waals surface area (Å²) in [4.78, 5) is 0.434. The van der Waals surface area contributed by atoms with Gasteiger partial charge in [0.25, 0.3) is 0 Å². The summed E-state index contributed by atoms with van der Waals surface area (Å²) >= 11 is 0. The molecule has 2 N–H and O–H groups in total. The molecule has 0 amide bonds. The zero-order valence-corrected chi connectivity index (χ0v) is 13.0. The van der Waals surface area contributed by atoms with Crippen LogP contribution in [0.3, 0.4) is 0 Å². The summed E-state index contributed by atoms with van der Waals surface area (Å²) in [7, 11) is -1.44. The van der Waals surface area contributed by atoms with E-state index in [-0.39, 0.29) is 6.04 Å². The lowest BCUT2D eigenvalue weighted by Crippen LogP contribution is -2.30. The zero-order chi connectivity index (χ0) is 14.6. The third-order valence-corrected chi connectivity index (χ3v) is 5.29. The predicted octanol–water partition coefficient (Wildman–Crippen LogP) is 2.06. The van der Waals surface area contributed by atoms with E-state index in [9.17, 15) is 8.42 Å². The van der Waals surface area contributed by atoms with E-state index >= 15 is 0 Å². The molecule has 1 aliphatic rings. The van der Waals surface area contributed by atoms with Crippen LogP contribution >= 0.6 is 0 Å². The summed E-state index contributed by atoms with van der Waals surface area (Å²) in [6, 6.07) is 7.78. The quantitative estimate of drug-likeness (QED) is 0.772. The van der Waals surface area contributed by atoms with Gasteiger partial charge in [0.05, 0.1) is 4.90 Å². The summed E-state index contributed by atoms with van der Waals surface area (Å²) in [6.07, 6.45) is 4.78. The Labute approximate surface area is 122 Å². The van der Waals surface area contributed by atoms with E-state index < -0.39 is 10.0 Å². The Hall–Kier alpha value is -0.910. The van der Waals surface area contributed by atoms with Gasteiger partial charge in [-0.15, -0.1) is 0 Å². The molecule has 0 bridgehead atoms. The van der Waals surface area contributed by atoms with E-state index in [0.717, 1.165) is 37.7 Å². The standard InChI is InChI=1S/C15H24N2O2S/c1-3-6-14(16-2)11-12-7-4-5-8-15(12)20(18,19)17-13-9-10-13/h4-5,7-8,13-14,16-17H,3,6,9-11H2,1-2H3. The van der Waals surface area contributed by atoms with Gasteiger partial charge < -0.3 is 5.32 Å². The second-order valence-corrected chi connectivity index (χ2v) is 7.16. The second-order valence-electron chi connectivity index (χ2n) is 5.48. The maximum atomic E-state index is 12.4. The van der Waals surface area contributed by atoms with E-state index in [1.54, 1.807) is 12.1 Å². The fourth-order valence-corrected chi connectivity index (χ4v) is 3.94. The van der Waals surface area contributed by atoms with E-state index in [1.807, 2.05) is 19.2 Å². The molecule has 1 aromatic carbocycles. The third-order valence-electron chi connectivity index (χ3n) is 3.67. The lowest BCUT2D eigenvalue weighted by molar-refractivity contribution is 0.509. The largest absolute Gasteiger partial charge is 0.317 e. The molecule has 1 saturated carbocycles. The highest BCUT2D eigenvalue weighted by molar-refractivity contribution is 7.89. The van der Waals surface area contributed by atoms with Crippen molar-refractivity contribution in [1.82, 2.24) is 10.0 Å². The minimum absolute atomic E-state index is 0.142. The van der Waals surface area contributed by atoms with Crippen molar-refractivity contribution in [2.24, 2.45) is 0 Å². The predicted molar refractivity (Wildman–Crippen MR) is 81.2 cm³/mol. The monoisotopic (exact) mass is 296 g/mol. The number of sulfonamides is 1. The van der Waals surface area contributed by atoms with Gasteiger partial charge in [0.15, 0.2) is 0 Å². The highest BCUT2D eigenvalue weighted by atomic mass is 32.2. The molecule has 0 aromatic heterocycles. The SMILES string of the molecule is CCCC(Cc1ccccc1S(=O)(=O)NC1CC1)NC. The molecule has 0 saturated heterocycles. The van der Waals surface area contributed by atoms with Crippen LogP contribution < -0.4 is 10.0 Å². The molecule has 1 aromatic rings. The van der Waals surface area contributed by atoms with Crippen LogP contribution in [0, 0.1) is 0 Å². The zero-order valence-electron chi connectivity index (χ0n) is 12.2. The molecule has 112 valence electrons. The Morgan fingerprint density at radius 1 is 1.30 bits per heavy atom. The van der Waals surface area contributed by atoms with Gasteiger partial charge in [-0.2, -0.15) is 0 Å². The van der Waals surface area contributed by atoms with Crippen LogP contribution in [0.15, 0.2) is 29.2 Å². The van der Waals surface area contributed by atoms with Crippen molar-refractivity contribution >= 4 is 10.0 Å². The van der Waals surface area contributed by atoms with Crippen molar-refractivity contribution < 1.29 is 8.42 Å². The summed E-state index contributed by atoms with van der Waals surface area (Å²) in [5.74, 6) is 0. The van der Waals surface area contributed by atoms with Gasteiger partial charge >= 0.3 is 0 Å². The van der Waals surface area contributed by atoms with Crippen molar-refractivity contribution in [2.45, 2.75) is 56.0 Å². The summed E-state index contributed by atoms with van der Waals surface area (Å²) < 4.78 is 27.6. The minimum atomic E-state index is -3.37. The van der Waals surface area contributed by atoms with E-state index in [0.29, 0.717) is 10.9 Å². The van der Waals surface area contributed by atoms with E-state index in [1.165, 1.54) is 0 Å². The van der Waals surface area contributed by atoms with E-state index in [4.69, 9.17) is 0 Å². The van der Waals surface area contributed by atoms with Crippen LogP contribution in [0.5, 0.6) is 0 Å². The normalized spacial score (nSPS) is 17.1. The highest BCUT2D eigenvalue weighted by Gasteiger charge is 2.29. The van der Waals surface area contributed by atoms with Gasteiger partial charge in [0.1, 0.15) is 0 Å². The first-order valence-corrected chi connectivity index (χ1v) is 8.82. The summed E-state index contributed by atoms with van der Waals surface area (Å²) in [5, 5.41) is 3.27. The molecule has 1 fully saturated rings. The maximum absolute atomic E-state index is 12.4. The number of hydrogen-bond donors (Lipinski definition) is 2. The molecule has 0 heterocycles. The molecular weight excluding hydrogens is 272 g/mol. The topological polar surface area (TPSA) is 58.2 Å². The van der Waals surface area contributed by atoms with Crippen molar-refractivity contribution in [3.8, 4) is 0 Å². The lowest BCUT2D eigenvalue weighted by Gasteiger charge is -2.18. The van der Waals surface area contributed by atoms with Crippen LogP contribution in [-0.2, 0) is 16.4 Å². The number of benzene rings is 1. The summed E-state index contributed by atoms with van der Waals surface area (Å²) in [6.45, 7) is 2.14. The van der Waals surface area contributed by atoms with E-state index in [2.05, 4.69) is 17.0 Å². The van der Waals surface area contributed by atoms with Crippen LogP contribution in [-0.4, -0.2) is 27.5 Å². The first-order chi connectivity index (χ1) is 9.56. The molecular formula is C15H24N2O2S. The van der Waals surface area contributed by atoms with Gasteiger partial charge in [-0.05, 0) is 44.4 Å². The van der Waals surface area contributed by atoms with Gasteiger partial charge in [-0.25, -0.2) is 13.1 Å². The summed E-state index contributed by atoms with van der Waals surface area (Å²) in [5.41, 5.74) is 0.897.